The van der Waals surface area contributed by atoms with E-state index in [2.05, 4.69) is 9.88 Å². The first-order valence-corrected chi connectivity index (χ1v) is 9.03. The zero-order chi connectivity index (χ0) is 19.1. The highest BCUT2D eigenvalue weighted by Crippen LogP contribution is 2.27. The number of aromatic nitrogens is 2. The molecule has 27 heavy (non-hydrogen) atoms. The van der Waals surface area contributed by atoms with E-state index >= 15 is 0 Å². The molecular formula is C18H21FN4O4. The van der Waals surface area contributed by atoms with Gasteiger partial charge in [-0.25, -0.2) is 14.2 Å². The number of hydrogen-bond donors (Lipinski definition) is 1. The number of hydrogen-bond acceptors (Lipinski definition) is 6. The molecule has 0 bridgehead atoms. The highest BCUT2D eigenvalue weighted by molar-refractivity contribution is 5.92. The fraction of sp³-hybridized carbons (Fsp3) is 0.500. The number of halogens is 1. The Kier molecular flexibility index (Phi) is 4.56. The Hall–Kier alpha value is -2.52. The van der Waals surface area contributed by atoms with Crippen LogP contribution in [0.5, 0.6) is 0 Å². The largest absolute Gasteiger partial charge is 0.477 e. The van der Waals surface area contributed by atoms with Crippen molar-refractivity contribution in [3.63, 3.8) is 0 Å². The van der Waals surface area contributed by atoms with Gasteiger partial charge in [0.05, 0.1) is 18.6 Å². The Morgan fingerprint density at radius 3 is 2.70 bits per heavy atom. The van der Waals surface area contributed by atoms with Crippen LogP contribution in [0, 0.1) is 5.82 Å². The van der Waals surface area contributed by atoms with Crippen molar-refractivity contribution in [3.8, 4) is 0 Å². The van der Waals surface area contributed by atoms with E-state index < -0.39 is 17.2 Å². The maximum absolute atomic E-state index is 14.7. The molecule has 0 aliphatic carbocycles. The van der Waals surface area contributed by atoms with Gasteiger partial charge >= 0.3 is 5.97 Å². The van der Waals surface area contributed by atoms with Crippen molar-refractivity contribution in [2.75, 3.05) is 44.3 Å². The average molecular weight is 376 g/mol. The van der Waals surface area contributed by atoms with Crippen LogP contribution in [0.25, 0.3) is 11.0 Å². The summed E-state index contributed by atoms with van der Waals surface area (Å²) < 4.78 is 21.6. The van der Waals surface area contributed by atoms with E-state index in [1.54, 1.807) is 4.57 Å². The van der Waals surface area contributed by atoms with Crippen molar-refractivity contribution in [3.05, 3.63) is 33.9 Å². The number of fused-ring (bicyclic) bond motifs is 1. The normalized spacial score (nSPS) is 18.7. The maximum atomic E-state index is 14.7. The molecule has 1 N–H and O–H groups in total. The summed E-state index contributed by atoms with van der Waals surface area (Å²) in [5, 5.41) is 9.20. The minimum absolute atomic E-state index is 0.0109. The zero-order valence-electron chi connectivity index (χ0n) is 15.0. The SMILES string of the molecule is CCn1cc(C(=O)O)c(=O)c2cc(F)c(N3CC(N4CCOCC4)C3)nc21. The lowest BCUT2D eigenvalue weighted by Crippen LogP contribution is -2.62. The minimum Gasteiger partial charge on any atom is -0.477 e. The molecule has 8 nitrogen and oxygen atoms in total. The number of aromatic carboxylic acids is 1. The van der Waals surface area contributed by atoms with Gasteiger partial charge < -0.3 is 19.3 Å². The Balaban J connectivity index is 1.67. The molecule has 9 heteroatoms. The summed E-state index contributed by atoms with van der Waals surface area (Å²) in [6.07, 6.45) is 1.27. The number of rotatable bonds is 4. The molecule has 0 spiro atoms. The summed E-state index contributed by atoms with van der Waals surface area (Å²) in [4.78, 5) is 32.2. The predicted octanol–water partition coefficient (Wildman–Crippen LogP) is 0.775. The van der Waals surface area contributed by atoms with Crippen molar-refractivity contribution < 1.29 is 19.0 Å². The number of carboxylic acids is 1. The number of carboxylic acid groups (broad SMARTS) is 1. The van der Waals surface area contributed by atoms with E-state index in [0.717, 1.165) is 19.2 Å². The lowest BCUT2D eigenvalue weighted by molar-refractivity contribution is 0.0103. The topological polar surface area (TPSA) is 87.9 Å². The summed E-state index contributed by atoms with van der Waals surface area (Å²) in [6, 6.07) is 1.45. The second kappa shape index (κ2) is 6.90. The lowest BCUT2D eigenvalue weighted by atomic mass is 10.1. The molecule has 2 aromatic heterocycles. The number of pyridine rings is 2. The summed E-state index contributed by atoms with van der Waals surface area (Å²) in [7, 11) is 0. The van der Waals surface area contributed by atoms with Crippen LogP contribution in [0.3, 0.4) is 0 Å². The van der Waals surface area contributed by atoms with E-state index in [1.807, 2.05) is 11.8 Å². The van der Waals surface area contributed by atoms with Crippen molar-refractivity contribution >= 4 is 22.8 Å². The highest BCUT2D eigenvalue weighted by Gasteiger charge is 2.35. The van der Waals surface area contributed by atoms with Gasteiger partial charge in [0.15, 0.2) is 11.6 Å². The number of carbonyl (C=O) groups is 1. The Morgan fingerprint density at radius 1 is 1.37 bits per heavy atom. The number of nitrogens with zero attached hydrogens (tertiary/aromatic N) is 4. The van der Waals surface area contributed by atoms with Crippen LogP contribution in [-0.4, -0.2) is 71.0 Å². The maximum Gasteiger partial charge on any atom is 0.341 e. The van der Waals surface area contributed by atoms with E-state index in [4.69, 9.17) is 4.74 Å². The van der Waals surface area contributed by atoms with Gasteiger partial charge in [-0.3, -0.25) is 9.69 Å². The molecule has 0 aromatic carbocycles. The molecule has 2 fully saturated rings. The van der Waals surface area contributed by atoms with Crippen LogP contribution < -0.4 is 10.3 Å². The number of morpholine rings is 1. The van der Waals surface area contributed by atoms with Gasteiger partial charge in [-0.15, -0.1) is 0 Å². The monoisotopic (exact) mass is 376 g/mol. The van der Waals surface area contributed by atoms with Gasteiger partial charge in [0.2, 0.25) is 5.43 Å². The van der Waals surface area contributed by atoms with E-state index in [9.17, 15) is 19.1 Å². The minimum atomic E-state index is -1.33. The Labute approximate surface area is 154 Å². The first kappa shape index (κ1) is 17.9. The molecule has 2 aliphatic rings. The second-order valence-electron chi connectivity index (χ2n) is 6.84. The third-order valence-corrected chi connectivity index (χ3v) is 5.28. The fourth-order valence-corrected chi connectivity index (χ4v) is 3.69. The van der Waals surface area contributed by atoms with Crippen LogP contribution in [-0.2, 0) is 11.3 Å². The standard InChI is InChI=1S/C18H21FN4O4/c1-2-21-10-13(18(25)26)15(24)12-7-14(19)17(20-16(12)21)23-8-11(9-23)22-3-5-27-6-4-22/h7,10-11H,2-6,8-9H2,1H3,(H,25,26). The van der Waals surface area contributed by atoms with Crippen molar-refractivity contribution in [2.45, 2.75) is 19.5 Å². The molecule has 0 amide bonds. The summed E-state index contributed by atoms with van der Waals surface area (Å²) in [6.45, 7) is 6.75. The Bertz CT molecular complexity index is 949. The van der Waals surface area contributed by atoms with Crippen molar-refractivity contribution in [1.82, 2.24) is 14.5 Å². The predicted molar refractivity (Wildman–Crippen MR) is 97.0 cm³/mol. The second-order valence-corrected chi connectivity index (χ2v) is 6.84. The number of anilines is 1. The summed E-state index contributed by atoms with van der Waals surface area (Å²) in [5.74, 6) is -1.73. The molecule has 4 rings (SSSR count). The number of aryl methyl sites for hydroxylation is 1. The van der Waals surface area contributed by atoms with Crippen LogP contribution in [0.4, 0.5) is 10.2 Å². The van der Waals surface area contributed by atoms with Gasteiger partial charge in [-0.2, -0.15) is 0 Å². The van der Waals surface area contributed by atoms with Crippen molar-refractivity contribution in [1.29, 1.82) is 0 Å². The highest BCUT2D eigenvalue weighted by atomic mass is 19.1. The Morgan fingerprint density at radius 2 is 2.07 bits per heavy atom. The van der Waals surface area contributed by atoms with Crippen LogP contribution >= 0.6 is 0 Å². The third kappa shape index (κ3) is 3.06. The molecule has 2 aromatic rings. The van der Waals surface area contributed by atoms with E-state index in [0.29, 0.717) is 44.5 Å². The van der Waals surface area contributed by atoms with E-state index in [-0.39, 0.29) is 16.8 Å². The molecule has 4 heterocycles. The van der Waals surface area contributed by atoms with Gasteiger partial charge in [-0.1, -0.05) is 0 Å². The molecule has 0 radical (unpaired) electrons. The molecule has 0 atom stereocenters. The lowest BCUT2D eigenvalue weighted by Gasteiger charge is -2.47. The summed E-state index contributed by atoms with van der Waals surface area (Å²) in [5.41, 5.74) is -0.789. The van der Waals surface area contributed by atoms with Crippen LogP contribution in [0.2, 0.25) is 0 Å². The first-order valence-electron chi connectivity index (χ1n) is 9.03. The summed E-state index contributed by atoms with van der Waals surface area (Å²) >= 11 is 0. The first-order chi connectivity index (χ1) is 13.0. The molecule has 144 valence electrons. The molecule has 0 unspecified atom stereocenters. The van der Waals surface area contributed by atoms with Crippen LogP contribution in [0.15, 0.2) is 17.1 Å². The quantitative estimate of drug-likeness (QED) is 0.843. The van der Waals surface area contributed by atoms with E-state index in [1.165, 1.54) is 6.20 Å². The molecular weight excluding hydrogens is 355 g/mol. The molecule has 2 aliphatic heterocycles. The van der Waals surface area contributed by atoms with Crippen LogP contribution in [0.1, 0.15) is 17.3 Å². The molecule has 2 saturated heterocycles. The molecule has 0 saturated carbocycles. The number of ether oxygens (including phenoxy) is 1. The smallest absolute Gasteiger partial charge is 0.341 e. The fourth-order valence-electron chi connectivity index (χ4n) is 3.69. The zero-order valence-corrected chi connectivity index (χ0v) is 15.0. The third-order valence-electron chi connectivity index (χ3n) is 5.28. The van der Waals surface area contributed by atoms with Gasteiger partial charge in [0.25, 0.3) is 0 Å². The average Bonchev–Trinajstić information content (AvgIpc) is 2.62. The van der Waals surface area contributed by atoms with Gasteiger partial charge in [0, 0.05) is 45.0 Å². The van der Waals surface area contributed by atoms with Crippen molar-refractivity contribution in [2.24, 2.45) is 0 Å². The van der Waals surface area contributed by atoms with Gasteiger partial charge in [-0.05, 0) is 13.0 Å². The van der Waals surface area contributed by atoms with Gasteiger partial charge in [0.1, 0.15) is 11.2 Å².